The molecule has 0 saturated heterocycles. The second-order valence-corrected chi connectivity index (χ2v) is 7.59. The van der Waals surface area contributed by atoms with Crippen LogP contribution in [0.25, 0.3) is 6.08 Å². The summed E-state index contributed by atoms with van der Waals surface area (Å²) in [5.74, 6) is -1.79. The fraction of sp³-hybridized carbons (Fsp3) is 0.120. The van der Waals surface area contributed by atoms with Crippen molar-refractivity contribution >= 4 is 35.0 Å². The van der Waals surface area contributed by atoms with E-state index in [2.05, 4.69) is 4.98 Å². The molecule has 0 atom stereocenters. The third kappa shape index (κ3) is 4.18. The number of aromatic nitrogens is 1. The average Bonchev–Trinajstić information content (AvgIpc) is 3.62. The minimum atomic E-state index is -1.25. The Hall–Kier alpha value is -4.13. The Morgan fingerprint density at radius 3 is 2.00 bits per heavy atom. The van der Waals surface area contributed by atoms with E-state index in [1.54, 1.807) is 54.9 Å². The smallest absolute Gasteiger partial charge is 0.247 e. The van der Waals surface area contributed by atoms with Crippen molar-refractivity contribution in [2.75, 3.05) is 4.90 Å². The molecule has 1 aliphatic carbocycles. The maximum Gasteiger partial charge on any atom is 0.247 e. The van der Waals surface area contributed by atoms with Gasteiger partial charge in [-0.15, -0.1) is 0 Å². The average molecular weight is 429 g/mol. The molecule has 1 saturated carbocycles. The molecule has 0 spiro atoms. The molecule has 6 nitrogen and oxygen atoms in total. The second kappa shape index (κ2) is 8.55. The highest BCUT2D eigenvalue weighted by molar-refractivity contribution is 6.16. The van der Waals surface area contributed by atoms with Crippen LogP contribution in [0, 0.1) is 11.2 Å². The summed E-state index contributed by atoms with van der Waals surface area (Å²) >= 11 is 0. The Morgan fingerprint density at radius 1 is 0.906 bits per heavy atom. The molecule has 32 heavy (non-hydrogen) atoms. The number of carbonyl (C=O) groups excluding carboxylic acids is 3. The molecule has 2 aromatic carbocycles. The van der Waals surface area contributed by atoms with E-state index in [9.17, 15) is 18.8 Å². The first-order valence-electron chi connectivity index (χ1n) is 10.0. The van der Waals surface area contributed by atoms with Crippen LogP contribution in [0.3, 0.4) is 0 Å². The molecule has 1 aliphatic rings. The number of nitrogens with two attached hydrogens (primary N) is 1. The zero-order chi connectivity index (χ0) is 22.7. The molecule has 0 bridgehead atoms. The molecule has 160 valence electrons. The highest BCUT2D eigenvalue weighted by Gasteiger charge is 2.57. The van der Waals surface area contributed by atoms with Gasteiger partial charge in [0.15, 0.2) is 5.78 Å². The van der Waals surface area contributed by atoms with Crippen LogP contribution in [0.15, 0.2) is 79.1 Å². The highest BCUT2D eigenvalue weighted by Crippen LogP contribution is 2.49. The SMILES string of the molecule is NC(=O)C1(C(=O)N(c2ccc(F)cc2)c2ccc(C(=O)/C=C/c3ccncc3)cc2)CC1. The zero-order valence-electron chi connectivity index (χ0n) is 17.1. The van der Waals surface area contributed by atoms with Crippen molar-refractivity contribution in [1.82, 2.24) is 4.98 Å². The van der Waals surface area contributed by atoms with Crippen molar-refractivity contribution in [2.45, 2.75) is 12.8 Å². The number of hydrogen-bond acceptors (Lipinski definition) is 4. The second-order valence-electron chi connectivity index (χ2n) is 7.59. The van der Waals surface area contributed by atoms with Gasteiger partial charge in [0, 0.05) is 29.3 Å². The third-order valence-corrected chi connectivity index (χ3v) is 5.46. The van der Waals surface area contributed by atoms with E-state index in [0.29, 0.717) is 29.8 Å². The first-order chi connectivity index (χ1) is 15.4. The first kappa shape index (κ1) is 21.1. The number of amides is 2. The Bertz CT molecular complexity index is 1190. The number of pyridine rings is 1. The number of rotatable bonds is 7. The number of benzene rings is 2. The first-order valence-corrected chi connectivity index (χ1v) is 10.0. The maximum atomic E-state index is 13.4. The minimum Gasteiger partial charge on any atom is -0.369 e. The van der Waals surface area contributed by atoms with Gasteiger partial charge in [-0.3, -0.25) is 24.3 Å². The maximum absolute atomic E-state index is 13.4. The quantitative estimate of drug-likeness (QED) is 0.348. The van der Waals surface area contributed by atoms with Gasteiger partial charge in [-0.2, -0.15) is 0 Å². The third-order valence-electron chi connectivity index (χ3n) is 5.46. The van der Waals surface area contributed by atoms with Crippen LogP contribution in [0.1, 0.15) is 28.8 Å². The van der Waals surface area contributed by atoms with Gasteiger partial charge in [-0.25, -0.2) is 4.39 Å². The highest BCUT2D eigenvalue weighted by atomic mass is 19.1. The van der Waals surface area contributed by atoms with Gasteiger partial charge in [-0.1, -0.05) is 6.08 Å². The molecule has 0 radical (unpaired) electrons. The fourth-order valence-electron chi connectivity index (χ4n) is 3.40. The molecular weight excluding hydrogens is 409 g/mol. The predicted molar refractivity (Wildman–Crippen MR) is 118 cm³/mol. The molecule has 0 aliphatic heterocycles. The number of halogens is 1. The van der Waals surface area contributed by atoms with Crippen LogP contribution in [0.2, 0.25) is 0 Å². The van der Waals surface area contributed by atoms with E-state index in [0.717, 1.165) is 5.56 Å². The standard InChI is InChI=1S/C25H20FN3O3/c26-19-4-8-21(9-5-19)29(24(32)25(13-14-25)23(27)31)20-6-2-18(3-7-20)22(30)10-1-17-11-15-28-16-12-17/h1-12,15-16H,13-14H2,(H2,27,31)/b10-1+. The van der Waals surface area contributed by atoms with Crippen LogP contribution in [-0.2, 0) is 9.59 Å². The summed E-state index contributed by atoms with van der Waals surface area (Å²) in [6.07, 6.45) is 7.16. The molecule has 4 rings (SSSR count). The zero-order valence-corrected chi connectivity index (χ0v) is 17.1. The fourth-order valence-corrected chi connectivity index (χ4v) is 3.40. The summed E-state index contributed by atoms with van der Waals surface area (Å²) in [6.45, 7) is 0. The summed E-state index contributed by atoms with van der Waals surface area (Å²) in [4.78, 5) is 43.0. The lowest BCUT2D eigenvalue weighted by molar-refractivity contribution is -0.133. The van der Waals surface area contributed by atoms with Crippen molar-refractivity contribution in [3.63, 3.8) is 0 Å². The van der Waals surface area contributed by atoms with Crippen LogP contribution >= 0.6 is 0 Å². The van der Waals surface area contributed by atoms with Gasteiger partial charge in [0.1, 0.15) is 11.2 Å². The molecular formula is C25H20FN3O3. The summed E-state index contributed by atoms with van der Waals surface area (Å²) in [7, 11) is 0. The van der Waals surface area contributed by atoms with E-state index >= 15 is 0 Å². The summed E-state index contributed by atoms with van der Waals surface area (Å²) in [6, 6.07) is 15.4. The predicted octanol–water partition coefficient (Wildman–Crippen LogP) is 4.05. The van der Waals surface area contributed by atoms with Crippen LogP contribution in [0.4, 0.5) is 15.8 Å². The Morgan fingerprint density at radius 2 is 1.47 bits per heavy atom. The summed E-state index contributed by atoms with van der Waals surface area (Å²) < 4.78 is 13.4. The Kier molecular flexibility index (Phi) is 5.64. The molecule has 2 N–H and O–H groups in total. The number of allylic oxidation sites excluding steroid dienone is 1. The Labute approximate surface area is 184 Å². The number of hydrogen-bond donors (Lipinski definition) is 1. The van der Waals surface area contributed by atoms with E-state index < -0.39 is 23.0 Å². The van der Waals surface area contributed by atoms with Crippen molar-refractivity contribution in [3.8, 4) is 0 Å². The number of anilines is 2. The topological polar surface area (TPSA) is 93.4 Å². The van der Waals surface area contributed by atoms with Crippen LogP contribution in [-0.4, -0.2) is 22.6 Å². The molecule has 1 heterocycles. The Balaban J connectivity index is 1.62. The molecule has 0 unspecified atom stereocenters. The lowest BCUT2D eigenvalue weighted by atomic mass is 10.0. The van der Waals surface area contributed by atoms with Crippen molar-refractivity contribution < 1.29 is 18.8 Å². The van der Waals surface area contributed by atoms with Crippen LogP contribution < -0.4 is 10.6 Å². The molecule has 7 heteroatoms. The number of ketones is 1. The van der Waals surface area contributed by atoms with Gasteiger partial charge in [0.25, 0.3) is 0 Å². The van der Waals surface area contributed by atoms with E-state index in [1.165, 1.54) is 35.2 Å². The molecule has 1 fully saturated rings. The van der Waals surface area contributed by atoms with Crippen molar-refractivity contribution in [3.05, 3.63) is 96.1 Å². The van der Waals surface area contributed by atoms with Gasteiger partial charge < -0.3 is 5.73 Å². The molecule has 3 aromatic rings. The monoisotopic (exact) mass is 429 g/mol. The minimum absolute atomic E-state index is 0.205. The van der Waals surface area contributed by atoms with Gasteiger partial charge in [0.05, 0.1) is 0 Å². The lowest BCUT2D eigenvalue weighted by Crippen LogP contribution is -2.41. The van der Waals surface area contributed by atoms with Gasteiger partial charge in [-0.05, 0) is 85.1 Å². The van der Waals surface area contributed by atoms with Gasteiger partial charge in [0.2, 0.25) is 11.8 Å². The van der Waals surface area contributed by atoms with Crippen molar-refractivity contribution in [1.29, 1.82) is 0 Å². The number of carbonyl (C=O) groups is 3. The van der Waals surface area contributed by atoms with E-state index in [1.807, 2.05) is 0 Å². The molecule has 1 aromatic heterocycles. The summed E-state index contributed by atoms with van der Waals surface area (Å²) in [5.41, 5.74) is 6.37. The van der Waals surface area contributed by atoms with E-state index in [4.69, 9.17) is 5.73 Å². The van der Waals surface area contributed by atoms with Crippen molar-refractivity contribution in [2.24, 2.45) is 11.1 Å². The van der Waals surface area contributed by atoms with Gasteiger partial charge >= 0.3 is 0 Å². The number of nitrogens with zero attached hydrogens (tertiary/aromatic N) is 2. The van der Waals surface area contributed by atoms with E-state index in [-0.39, 0.29) is 5.78 Å². The van der Waals surface area contributed by atoms with Crippen LogP contribution in [0.5, 0.6) is 0 Å². The largest absolute Gasteiger partial charge is 0.369 e. The number of primary amides is 1. The summed E-state index contributed by atoms with van der Waals surface area (Å²) in [5, 5.41) is 0. The normalized spacial score (nSPS) is 14.2. The lowest BCUT2D eigenvalue weighted by Gasteiger charge is -2.26. The molecule has 2 amide bonds.